The second kappa shape index (κ2) is 5.11. The first kappa shape index (κ1) is 11.8. The number of nitrogens with zero attached hydrogens (tertiary/aromatic N) is 4. The van der Waals surface area contributed by atoms with Crippen molar-refractivity contribution < 1.29 is 0 Å². The summed E-state index contributed by atoms with van der Waals surface area (Å²) in [5.74, 6) is 0. The topological polar surface area (TPSA) is 75.8 Å². The van der Waals surface area contributed by atoms with Gasteiger partial charge < -0.3 is 10.6 Å². The molecule has 0 aromatic carbocycles. The molecule has 6 heteroatoms. The van der Waals surface area contributed by atoms with Gasteiger partial charge in [0.1, 0.15) is 5.69 Å². The second-order valence-corrected chi connectivity index (χ2v) is 4.13. The van der Waals surface area contributed by atoms with E-state index in [2.05, 4.69) is 20.2 Å². The number of nitrogens with two attached hydrogens (primary N) is 1. The van der Waals surface area contributed by atoms with Crippen LogP contribution < -0.4 is 5.73 Å². The van der Waals surface area contributed by atoms with Crippen LogP contribution in [0.4, 0.5) is 0 Å². The molecule has 3 N–H and O–H groups in total. The summed E-state index contributed by atoms with van der Waals surface area (Å²) in [6.07, 6.45) is 3.70. The Morgan fingerprint density at radius 2 is 2.35 bits per heavy atom. The zero-order chi connectivity index (χ0) is 12.3. The first-order valence-corrected chi connectivity index (χ1v) is 5.62. The minimum atomic E-state index is 0.662. The van der Waals surface area contributed by atoms with Crippen molar-refractivity contribution in [2.24, 2.45) is 12.8 Å². The number of nitrogens with one attached hydrogen (secondary N) is 1. The Balaban J connectivity index is 2.20. The van der Waals surface area contributed by atoms with Crippen LogP contribution in [0.15, 0.2) is 18.5 Å². The fourth-order valence-electron chi connectivity index (χ4n) is 1.85. The van der Waals surface area contributed by atoms with E-state index >= 15 is 0 Å². The lowest BCUT2D eigenvalue weighted by Crippen LogP contribution is -2.25. The van der Waals surface area contributed by atoms with Crippen molar-refractivity contribution >= 4 is 0 Å². The number of H-pyrrole nitrogens is 1. The lowest BCUT2D eigenvalue weighted by Gasteiger charge is -2.14. The quantitative estimate of drug-likeness (QED) is 0.775. The van der Waals surface area contributed by atoms with Crippen LogP contribution in [0.5, 0.6) is 0 Å². The Kier molecular flexibility index (Phi) is 3.55. The monoisotopic (exact) mass is 234 g/mol. The number of aromatic nitrogens is 4. The van der Waals surface area contributed by atoms with E-state index in [0.717, 1.165) is 30.0 Å². The molecule has 0 unspecified atom stereocenters. The van der Waals surface area contributed by atoms with Gasteiger partial charge >= 0.3 is 0 Å². The van der Waals surface area contributed by atoms with Crippen LogP contribution in [0.2, 0.25) is 0 Å². The molecule has 0 bridgehead atoms. The minimum absolute atomic E-state index is 0.662. The summed E-state index contributed by atoms with van der Waals surface area (Å²) in [5, 5.41) is 11.4. The molecule has 0 saturated heterocycles. The first-order valence-electron chi connectivity index (χ1n) is 5.62. The van der Waals surface area contributed by atoms with Crippen LogP contribution in [0.1, 0.15) is 5.56 Å². The fourth-order valence-corrected chi connectivity index (χ4v) is 1.85. The van der Waals surface area contributed by atoms with Gasteiger partial charge in [-0.1, -0.05) is 0 Å². The van der Waals surface area contributed by atoms with Gasteiger partial charge in [-0.25, -0.2) is 0 Å². The van der Waals surface area contributed by atoms with E-state index in [4.69, 9.17) is 5.73 Å². The molecule has 0 saturated carbocycles. The van der Waals surface area contributed by atoms with Gasteiger partial charge in [-0.2, -0.15) is 10.2 Å². The summed E-state index contributed by atoms with van der Waals surface area (Å²) in [7, 11) is 3.96. The molecule has 2 aromatic rings. The van der Waals surface area contributed by atoms with Crippen molar-refractivity contribution in [3.63, 3.8) is 0 Å². The van der Waals surface area contributed by atoms with Gasteiger partial charge in [-0.3, -0.25) is 9.78 Å². The largest absolute Gasteiger partial charge is 0.329 e. The zero-order valence-corrected chi connectivity index (χ0v) is 10.2. The Morgan fingerprint density at radius 1 is 1.53 bits per heavy atom. The molecule has 0 aliphatic rings. The molecule has 2 rings (SSSR count). The predicted molar refractivity (Wildman–Crippen MR) is 66.2 cm³/mol. The molecule has 17 heavy (non-hydrogen) atoms. The Labute approximate surface area is 100 Å². The van der Waals surface area contributed by atoms with Crippen LogP contribution in [-0.4, -0.2) is 45.0 Å². The van der Waals surface area contributed by atoms with Crippen LogP contribution in [0, 0.1) is 0 Å². The average Bonchev–Trinajstić information content (AvgIpc) is 2.87. The molecular formula is C11H18N6. The van der Waals surface area contributed by atoms with E-state index < -0.39 is 0 Å². The molecule has 0 fully saturated rings. The summed E-state index contributed by atoms with van der Waals surface area (Å²) in [6, 6.07) is 1.96. The van der Waals surface area contributed by atoms with Crippen LogP contribution in [0.25, 0.3) is 11.4 Å². The number of aromatic amines is 1. The van der Waals surface area contributed by atoms with Gasteiger partial charge in [0, 0.05) is 44.6 Å². The summed E-state index contributed by atoms with van der Waals surface area (Å²) in [5.41, 5.74) is 8.66. The second-order valence-electron chi connectivity index (χ2n) is 4.13. The third kappa shape index (κ3) is 2.54. The molecule has 0 aliphatic carbocycles. The number of hydrogen-bond acceptors (Lipinski definition) is 4. The van der Waals surface area contributed by atoms with Gasteiger partial charge in [0.25, 0.3) is 0 Å². The van der Waals surface area contributed by atoms with Crippen LogP contribution in [-0.2, 0) is 13.6 Å². The third-order valence-corrected chi connectivity index (χ3v) is 2.73. The highest BCUT2D eigenvalue weighted by molar-refractivity contribution is 5.58. The van der Waals surface area contributed by atoms with Crippen LogP contribution >= 0.6 is 0 Å². The molecule has 0 radical (unpaired) electrons. The highest BCUT2D eigenvalue weighted by atomic mass is 15.3. The van der Waals surface area contributed by atoms with Crippen molar-refractivity contribution in [3.05, 3.63) is 24.0 Å². The van der Waals surface area contributed by atoms with E-state index in [1.807, 2.05) is 31.0 Å². The van der Waals surface area contributed by atoms with E-state index in [1.54, 1.807) is 6.20 Å². The van der Waals surface area contributed by atoms with Gasteiger partial charge in [-0.05, 0) is 13.1 Å². The normalized spacial score (nSPS) is 11.3. The molecule has 0 spiro atoms. The maximum absolute atomic E-state index is 5.54. The highest BCUT2D eigenvalue weighted by Gasteiger charge is 2.12. The number of rotatable bonds is 5. The Bertz CT molecular complexity index is 472. The number of hydrogen-bond donors (Lipinski definition) is 2. The maximum Gasteiger partial charge on any atom is 0.115 e. The summed E-state index contributed by atoms with van der Waals surface area (Å²) in [4.78, 5) is 2.17. The first-order chi connectivity index (χ1) is 8.22. The standard InChI is InChI=1S/C11H18N6/c1-16(6-4-12)8-9-7-13-15-11(9)10-3-5-14-17(10)2/h3,5,7H,4,6,8,12H2,1-2H3,(H,13,15). The summed E-state index contributed by atoms with van der Waals surface area (Å²) >= 11 is 0. The van der Waals surface area contributed by atoms with E-state index in [0.29, 0.717) is 6.54 Å². The van der Waals surface area contributed by atoms with Gasteiger partial charge in [0.2, 0.25) is 0 Å². The predicted octanol–water partition coefficient (Wildman–Crippen LogP) is 0.201. The van der Waals surface area contributed by atoms with Crippen molar-refractivity contribution in [2.75, 3.05) is 20.1 Å². The lowest BCUT2D eigenvalue weighted by molar-refractivity contribution is 0.336. The molecule has 6 nitrogen and oxygen atoms in total. The third-order valence-electron chi connectivity index (χ3n) is 2.73. The SMILES string of the molecule is CN(CCN)Cc1c[nH]nc1-c1ccnn1C. The molecule has 0 aliphatic heterocycles. The fraction of sp³-hybridized carbons (Fsp3) is 0.455. The van der Waals surface area contributed by atoms with Crippen molar-refractivity contribution in [3.8, 4) is 11.4 Å². The van der Waals surface area contributed by atoms with Crippen molar-refractivity contribution in [1.29, 1.82) is 0 Å². The van der Waals surface area contributed by atoms with Gasteiger partial charge in [0.05, 0.1) is 5.69 Å². The van der Waals surface area contributed by atoms with Crippen molar-refractivity contribution in [1.82, 2.24) is 24.9 Å². The number of aryl methyl sites for hydroxylation is 1. The van der Waals surface area contributed by atoms with Gasteiger partial charge in [-0.15, -0.1) is 0 Å². The Hall–Kier alpha value is -1.66. The lowest BCUT2D eigenvalue weighted by atomic mass is 10.2. The van der Waals surface area contributed by atoms with Crippen molar-refractivity contribution in [2.45, 2.75) is 6.54 Å². The average molecular weight is 234 g/mol. The maximum atomic E-state index is 5.54. The van der Waals surface area contributed by atoms with E-state index in [9.17, 15) is 0 Å². The van der Waals surface area contributed by atoms with E-state index in [1.165, 1.54) is 0 Å². The highest BCUT2D eigenvalue weighted by Crippen LogP contribution is 2.20. The molecule has 0 atom stereocenters. The smallest absolute Gasteiger partial charge is 0.115 e. The molecule has 2 aromatic heterocycles. The summed E-state index contributed by atoms with van der Waals surface area (Å²) in [6.45, 7) is 2.36. The molecule has 92 valence electrons. The van der Waals surface area contributed by atoms with E-state index in [-0.39, 0.29) is 0 Å². The molecule has 2 heterocycles. The zero-order valence-electron chi connectivity index (χ0n) is 10.2. The summed E-state index contributed by atoms with van der Waals surface area (Å²) < 4.78 is 1.82. The minimum Gasteiger partial charge on any atom is -0.329 e. The Morgan fingerprint density at radius 3 is 3.00 bits per heavy atom. The van der Waals surface area contributed by atoms with Gasteiger partial charge in [0.15, 0.2) is 0 Å². The number of likely N-dealkylation sites (N-methyl/N-ethyl adjacent to an activating group) is 1. The molecular weight excluding hydrogens is 216 g/mol. The van der Waals surface area contributed by atoms with Crippen LogP contribution in [0.3, 0.4) is 0 Å². The molecule has 0 amide bonds.